The van der Waals surface area contributed by atoms with Gasteiger partial charge in [0.05, 0.1) is 6.61 Å². The fourth-order valence-electron chi connectivity index (χ4n) is 3.49. The number of carboxylic acids is 1. The minimum atomic E-state index is -0.935. The van der Waals surface area contributed by atoms with Crippen LogP contribution in [0, 0.1) is 0 Å². The summed E-state index contributed by atoms with van der Waals surface area (Å²) >= 11 is 0. The maximum absolute atomic E-state index is 12.8. The summed E-state index contributed by atoms with van der Waals surface area (Å²) in [5, 5.41) is 7.89. The van der Waals surface area contributed by atoms with Crippen molar-refractivity contribution in [3.63, 3.8) is 0 Å². The molecule has 33 heavy (non-hydrogen) atoms. The number of carbonyl (C=O) groups excluding carboxylic acids is 1. The monoisotopic (exact) mass is 466 g/mol. The number of aliphatic carboxylic acids is 1. The first-order valence-electron chi connectivity index (χ1n) is 13.6. The van der Waals surface area contributed by atoms with Gasteiger partial charge < -0.3 is 9.84 Å². The van der Waals surface area contributed by atoms with Crippen LogP contribution in [0.5, 0.6) is 0 Å². The van der Waals surface area contributed by atoms with Crippen LogP contribution in [0.1, 0.15) is 144 Å². The molecule has 0 saturated heterocycles. The predicted octanol–water partition coefficient (Wildman–Crippen LogP) is 9.18. The normalized spacial score (nSPS) is 11.3. The third-order valence-electron chi connectivity index (χ3n) is 5.71. The first-order valence-corrected chi connectivity index (χ1v) is 13.6. The Hall–Kier alpha value is -1.58. The van der Waals surface area contributed by atoms with Crippen molar-refractivity contribution in [2.24, 2.45) is 0 Å². The molecule has 4 nitrogen and oxygen atoms in total. The van der Waals surface area contributed by atoms with E-state index in [-0.39, 0.29) is 11.5 Å². The summed E-state index contributed by atoms with van der Waals surface area (Å²) in [5.74, 6) is -0.950. The lowest BCUT2D eigenvalue weighted by atomic mass is 9.93. The van der Waals surface area contributed by atoms with Crippen molar-refractivity contribution < 1.29 is 19.4 Å². The van der Waals surface area contributed by atoms with Crippen molar-refractivity contribution in [2.75, 3.05) is 6.61 Å². The number of rotatable bonds is 20. The average Bonchev–Trinajstić information content (AvgIpc) is 2.79. The van der Waals surface area contributed by atoms with E-state index in [1.807, 2.05) is 0 Å². The number of ether oxygens (including phenoxy) is 1. The van der Waals surface area contributed by atoms with E-state index >= 15 is 0 Å². The van der Waals surface area contributed by atoms with Gasteiger partial charge in [0.2, 0.25) is 0 Å². The molecule has 0 fully saturated rings. The molecule has 194 valence electrons. The number of unbranched alkanes of at least 4 members (excludes halogenated alkanes) is 10. The van der Waals surface area contributed by atoms with Crippen molar-refractivity contribution in [2.45, 2.75) is 144 Å². The van der Waals surface area contributed by atoms with Gasteiger partial charge in [-0.2, -0.15) is 0 Å². The molecule has 0 aliphatic heterocycles. The predicted molar refractivity (Wildman–Crippen MR) is 142 cm³/mol. The van der Waals surface area contributed by atoms with Crippen molar-refractivity contribution in [3.05, 3.63) is 23.3 Å². The average molecular weight is 467 g/mol. The quantitative estimate of drug-likeness (QED) is 0.110. The lowest BCUT2D eigenvalue weighted by Crippen LogP contribution is -2.12. The van der Waals surface area contributed by atoms with E-state index in [0.717, 1.165) is 44.1 Å². The summed E-state index contributed by atoms with van der Waals surface area (Å²) in [4.78, 5) is 22.4. The molecule has 0 saturated carbocycles. The lowest BCUT2D eigenvalue weighted by Gasteiger charge is -2.15. The molecule has 0 amide bonds. The molecule has 1 N–H and O–H groups in total. The highest BCUT2D eigenvalue weighted by atomic mass is 16.5. The Morgan fingerprint density at radius 2 is 1.09 bits per heavy atom. The number of esters is 1. The summed E-state index contributed by atoms with van der Waals surface area (Å²) in [7, 11) is 0. The standard InChI is InChI=1S/C25H48O2.C4H6O2/c1-5-9-13-15-17-20-23(19-11-7-3)24(21-12-8-4)25(26)27-22-18-16-14-10-6-2;1-3(2)4(5)6/h5-22H2,1-4H3;1H2,2H3,(H,5,6). The molecule has 0 aromatic heterocycles. The molecule has 0 heterocycles. The van der Waals surface area contributed by atoms with Gasteiger partial charge in [-0.05, 0) is 51.9 Å². The number of carboxylic acid groups (broad SMARTS) is 1. The lowest BCUT2D eigenvalue weighted by molar-refractivity contribution is -0.139. The highest BCUT2D eigenvalue weighted by Crippen LogP contribution is 2.25. The van der Waals surface area contributed by atoms with Crippen LogP contribution in [0.3, 0.4) is 0 Å². The Balaban J connectivity index is 0. The zero-order valence-electron chi connectivity index (χ0n) is 22.6. The molecule has 0 atom stereocenters. The topological polar surface area (TPSA) is 63.6 Å². The summed E-state index contributed by atoms with van der Waals surface area (Å²) in [6, 6.07) is 0. The molecule has 0 unspecified atom stereocenters. The van der Waals surface area contributed by atoms with E-state index < -0.39 is 5.97 Å². The Kier molecular flexibility index (Phi) is 25.5. The number of carbonyl (C=O) groups is 2. The van der Waals surface area contributed by atoms with E-state index in [9.17, 15) is 9.59 Å². The van der Waals surface area contributed by atoms with Crippen molar-refractivity contribution in [3.8, 4) is 0 Å². The summed E-state index contributed by atoms with van der Waals surface area (Å²) in [6.07, 6.45) is 20.1. The van der Waals surface area contributed by atoms with Gasteiger partial charge in [0.25, 0.3) is 0 Å². The van der Waals surface area contributed by atoms with Gasteiger partial charge in [0, 0.05) is 11.1 Å². The molecular weight excluding hydrogens is 412 g/mol. The third-order valence-corrected chi connectivity index (χ3v) is 5.71. The van der Waals surface area contributed by atoms with Crippen LogP contribution < -0.4 is 0 Å². The van der Waals surface area contributed by atoms with E-state index in [4.69, 9.17) is 9.84 Å². The van der Waals surface area contributed by atoms with Crippen LogP contribution in [0.15, 0.2) is 23.3 Å². The molecular formula is C29H54O4. The van der Waals surface area contributed by atoms with Crippen molar-refractivity contribution in [1.29, 1.82) is 0 Å². The molecule has 0 spiro atoms. The van der Waals surface area contributed by atoms with Crippen LogP contribution in [0.25, 0.3) is 0 Å². The third kappa shape index (κ3) is 22.0. The summed E-state index contributed by atoms with van der Waals surface area (Å²) in [6.45, 7) is 14.1. The van der Waals surface area contributed by atoms with Crippen LogP contribution in [0.4, 0.5) is 0 Å². The molecule has 4 heteroatoms. The molecule has 0 aromatic carbocycles. The van der Waals surface area contributed by atoms with E-state index in [0.29, 0.717) is 6.61 Å². The second-order valence-corrected chi connectivity index (χ2v) is 9.09. The van der Waals surface area contributed by atoms with E-state index in [1.165, 1.54) is 83.1 Å². The summed E-state index contributed by atoms with van der Waals surface area (Å²) < 4.78 is 5.69. The van der Waals surface area contributed by atoms with E-state index in [1.54, 1.807) is 0 Å². The molecule has 0 rings (SSSR count). The second kappa shape index (κ2) is 25.1. The fourth-order valence-corrected chi connectivity index (χ4v) is 3.49. The number of hydrogen-bond donors (Lipinski definition) is 1. The molecule has 0 aliphatic carbocycles. The van der Waals surface area contributed by atoms with Crippen molar-refractivity contribution in [1.82, 2.24) is 0 Å². The molecule has 0 bridgehead atoms. The highest BCUT2D eigenvalue weighted by Gasteiger charge is 2.16. The smallest absolute Gasteiger partial charge is 0.333 e. The Bertz CT molecular complexity index is 522. The fraction of sp³-hybridized carbons (Fsp3) is 0.793. The number of hydrogen-bond acceptors (Lipinski definition) is 3. The largest absolute Gasteiger partial charge is 0.478 e. The SMILES string of the molecule is C=C(C)C(=O)O.CCCCCCCOC(=O)C(CCCC)=C(CCCC)CCCCCCC. The highest BCUT2D eigenvalue weighted by molar-refractivity contribution is 5.89. The van der Waals surface area contributed by atoms with Crippen LogP contribution in [-0.2, 0) is 14.3 Å². The van der Waals surface area contributed by atoms with Gasteiger partial charge in [-0.15, -0.1) is 0 Å². The van der Waals surface area contributed by atoms with Gasteiger partial charge in [0.1, 0.15) is 0 Å². The minimum absolute atomic E-state index is 0.0152. The minimum Gasteiger partial charge on any atom is -0.478 e. The molecule has 0 radical (unpaired) electrons. The zero-order chi connectivity index (χ0) is 25.3. The first kappa shape index (κ1) is 33.6. The van der Waals surface area contributed by atoms with Crippen molar-refractivity contribution >= 4 is 11.9 Å². The molecule has 0 aromatic rings. The van der Waals surface area contributed by atoms with Crippen LogP contribution in [0.2, 0.25) is 0 Å². The second-order valence-electron chi connectivity index (χ2n) is 9.09. The Morgan fingerprint density at radius 1 is 0.667 bits per heavy atom. The van der Waals surface area contributed by atoms with Gasteiger partial charge in [-0.3, -0.25) is 0 Å². The van der Waals surface area contributed by atoms with Gasteiger partial charge in [-0.1, -0.05) is 104 Å². The van der Waals surface area contributed by atoms with Crippen LogP contribution >= 0.6 is 0 Å². The zero-order valence-corrected chi connectivity index (χ0v) is 22.6. The Morgan fingerprint density at radius 3 is 1.58 bits per heavy atom. The summed E-state index contributed by atoms with van der Waals surface area (Å²) in [5.41, 5.74) is 2.60. The number of allylic oxidation sites excluding steroid dienone is 1. The maximum atomic E-state index is 12.8. The van der Waals surface area contributed by atoms with Gasteiger partial charge in [0.15, 0.2) is 0 Å². The van der Waals surface area contributed by atoms with Gasteiger partial charge in [-0.25, -0.2) is 9.59 Å². The van der Waals surface area contributed by atoms with Crippen LogP contribution in [-0.4, -0.2) is 23.7 Å². The van der Waals surface area contributed by atoms with E-state index in [2.05, 4.69) is 34.3 Å². The Labute approximate surface area is 205 Å². The maximum Gasteiger partial charge on any atom is 0.333 e. The molecule has 0 aliphatic rings. The first-order chi connectivity index (χ1) is 15.8. The van der Waals surface area contributed by atoms with Gasteiger partial charge >= 0.3 is 11.9 Å².